The quantitative estimate of drug-likeness (QED) is 0.891. The lowest BCUT2D eigenvalue weighted by Crippen LogP contribution is -2.41. The number of carbonyl (C=O) groups excluding carboxylic acids is 1. The van der Waals surface area contributed by atoms with Gasteiger partial charge in [-0.15, -0.1) is 0 Å². The van der Waals surface area contributed by atoms with Crippen LogP contribution < -0.4 is 15.4 Å². The van der Waals surface area contributed by atoms with Crippen LogP contribution in [0, 0.1) is 11.6 Å². The Morgan fingerprint density at radius 3 is 2.56 bits per heavy atom. The van der Waals surface area contributed by atoms with Gasteiger partial charge in [0, 0.05) is 17.7 Å². The van der Waals surface area contributed by atoms with Crippen molar-refractivity contribution in [3.63, 3.8) is 0 Å². The molecule has 2 N–H and O–H groups in total. The summed E-state index contributed by atoms with van der Waals surface area (Å²) >= 11 is 0. The van der Waals surface area contributed by atoms with Gasteiger partial charge in [0.2, 0.25) is 0 Å². The first-order valence-electron chi connectivity index (χ1n) is 7.81. The van der Waals surface area contributed by atoms with Gasteiger partial charge in [-0.2, -0.15) is 0 Å². The Bertz CT molecular complexity index is 752. The fourth-order valence-corrected chi connectivity index (χ4v) is 2.79. The van der Waals surface area contributed by atoms with Gasteiger partial charge in [0.15, 0.2) is 11.6 Å². The van der Waals surface area contributed by atoms with Crippen LogP contribution in [0.4, 0.5) is 19.3 Å². The third kappa shape index (κ3) is 4.06. The first-order chi connectivity index (χ1) is 12.1. The van der Waals surface area contributed by atoms with Crippen molar-refractivity contribution >= 4 is 11.7 Å². The molecule has 1 fully saturated rings. The summed E-state index contributed by atoms with van der Waals surface area (Å²) in [5.41, 5.74) is 1.20. The van der Waals surface area contributed by atoms with E-state index in [-0.39, 0.29) is 17.6 Å². The Hall–Kier alpha value is -2.67. The fraction of sp³-hybridized carbons (Fsp3) is 0.278. The van der Waals surface area contributed by atoms with Gasteiger partial charge in [-0.3, -0.25) is 0 Å². The zero-order valence-corrected chi connectivity index (χ0v) is 13.6. The van der Waals surface area contributed by atoms with Gasteiger partial charge in [-0.1, -0.05) is 12.1 Å². The van der Waals surface area contributed by atoms with Gasteiger partial charge in [-0.25, -0.2) is 13.6 Å². The maximum Gasteiger partial charge on any atom is 0.319 e. The largest absolute Gasteiger partial charge is 0.497 e. The van der Waals surface area contributed by atoms with Gasteiger partial charge < -0.3 is 20.1 Å². The lowest BCUT2D eigenvalue weighted by atomic mass is 9.94. The lowest BCUT2D eigenvalue weighted by molar-refractivity contribution is 0.187. The molecule has 1 aliphatic rings. The molecular weight excluding hydrogens is 330 g/mol. The van der Waals surface area contributed by atoms with E-state index in [1.807, 2.05) is 24.3 Å². The number of halogens is 2. The summed E-state index contributed by atoms with van der Waals surface area (Å²) in [6.07, 6.45) is 0. The lowest BCUT2D eigenvalue weighted by Gasteiger charge is -2.20. The smallest absolute Gasteiger partial charge is 0.319 e. The standard InChI is InChI=1S/C18H18F2N2O3/c1-24-13-5-2-11(3-6-13)14-9-25-10-17(14)22-18(23)21-12-4-7-15(19)16(20)8-12/h2-8,14,17H,9-10H2,1H3,(H2,21,22,23). The molecule has 2 atom stereocenters. The Balaban J connectivity index is 1.63. The molecule has 1 aliphatic heterocycles. The van der Waals surface area contributed by atoms with Crippen molar-refractivity contribution in [2.75, 3.05) is 25.6 Å². The molecule has 5 nitrogen and oxygen atoms in total. The fourth-order valence-electron chi connectivity index (χ4n) is 2.79. The zero-order valence-electron chi connectivity index (χ0n) is 13.6. The molecule has 0 spiro atoms. The van der Waals surface area contributed by atoms with E-state index >= 15 is 0 Å². The Morgan fingerprint density at radius 2 is 1.88 bits per heavy atom. The van der Waals surface area contributed by atoms with Crippen LogP contribution in [0.1, 0.15) is 11.5 Å². The average molecular weight is 348 g/mol. The molecule has 2 aromatic carbocycles. The highest BCUT2D eigenvalue weighted by atomic mass is 19.2. The number of nitrogens with one attached hydrogen (secondary N) is 2. The van der Waals surface area contributed by atoms with Crippen LogP contribution in [0.15, 0.2) is 42.5 Å². The SMILES string of the molecule is COc1ccc(C2COCC2NC(=O)Nc2ccc(F)c(F)c2)cc1. The number of rotatable bonds is 4. The minimum absolute atomic E-state index is 0.00149. The first-order valence-corrected chi connectivity index (χ1v) is 7.81. The highest BCUT2D eigenvalue weighted by Gasteiger charge is 2.31. The Morgan fingerprint density at radius 1 is 1.12 bits per heavy atom. The van der Waals surface area contributed by atoms with Gasteiger partial charge >= 0.3 is 6.03 Å². The van der Waals surface area contributed by atoms with E-state index < -0.39 is 17.7 Å². The number of hydrogen-bond donors (Lipinski definition) is 2. The van der Waals surface area contributed by atoms with E-state index in [9.17, 15) is 13.6 Å². The molecular formula is C18H18F2N2O3. The maximum absolute atomic E-state index is 13.2. The van der Waals surface area contributed by atoms with Crippen LogP contribution in [0.25, 0.3) is 0 Å². The zero-order chi connectivity index (χ0) is 17.8. The minimum atomic E-state index is -1.02. The number of carbonyl (C=O) groups is 1. The molecule has 0 aromatic heterocycles. The summed E-state index contributed by atoms with van der Waals surface area (Å²) in [4.78, 5) is 12.1. The van der Waals surface area contributed by atoms with Crippen molar-refractivity contribution in [2.45, 2.75) is 12.0 Å². The van der Waals surface area contributed by atoms with Crippen molar-refractivity contribution < 1.29 is 23.0 Å². The van der Waals surface area contributed by atoms with Crippen LogP contribution >= 0.6 is 0 Å². The van der Waals surface area contributed by atoms with E-state index in [2.05, 4.69) is 10.6 Å². The second-order valence-electron chi connectivity index (χ2n) is 5.75. The van der Waals surface area contributed by atoms with Crippen LogP contribution in [0.2, 0.25) is 0 Å². The molecule has 0 bridgehead atoms. The molecule has 0 aliphatic carbocycles. The molecule has 0 radical (unpaired) electrons. The van der Waals surface area contributed by atoms with Crippen LogP contribution in [0.3, 0.4) is 0 Å². The predicted octanol–water partition coefficient (Wildman–Crippen LogP) is 3.28. The molecule has 0 saturated carbocycles. The topological polar surface area (TPSA) is 59.6 Å². The van der Waals surface area contributed by atoms with E-state index in [0.29, 0.717) is 13.2 Å². The van der Waals surface area contributed by atoms with Crippen LogP contribution in [-0.2, 0) is 4.74 Å². The van der Waals surface area contributed by atoms with Gasteiger partial charge in [0.05, 0.1) is 26.4 Å². The molecule has 2 unspecified atom stereocenters. The molecule has 7 heteroatoms. The van der Waals surface area contributed by atoms with E-state index in [1.54, 1.807) is 7.11 Å². The highest BCUT2D eigenvalue weighted by molar-refractivity contribution is 5.89. The summed E-state index contributed by atoms with van der Waals surface area (Å²) in [5.74, 6) is -1.22. The number of urea groups is 1. The minimum Gasteiger partial charge on any atom is -0.497 e. The third-order valence-electron chi connectivity index (χ3n) is 4.12. The predicted molar refractivity (Wildman–Crippen MR) is 88.9 cm³/mol. The van der Waals surface area contributed by atoms with Crippen molar-refractivity contribution in [2.24, 2.45) is 0 Å². The van der Waals surface area contributed by atoms with E-state index in [0.717, 1.165) is 23.4 Å². The summed E-state index contributed by atoms with van der Waals surface area (Å²) in [6, 6.07) is 10.0. The normalized spacial score (nSPS) is 19.5. The number of amides is 2. The van der Waals surface area contributed by atoms with Crippen molar-refractivity contribution in [3.05, 3.63) is 59.7 Å². The van der Waals surface area contributed by atoms with Crippen molar-refractivity contribution in [3.8, 4) is 5.75 Å². The first kappa shape index (κ1) is 17.2. The molecule has 25 heavy (non-hydrogen) atoms. The second-order valence-corrected chi connectivity index (χ2v) is 5.75. The third-order valence-corrected chi connectivity index (χ3v) is 4.12. The van der Waals surface area contributed by atoms with Crippen LogP contribution in [0.5, 0.6) is 5.75 Å². The monoisotopic (exact) mass is 348 g/mol. The molecule has 1 saturated heterocycles. The van der Waals surface area contributed by atoms with Crippen molar-refractivity contribution in [1.29, 1.82) is 0 Å². The Kier molecular flexibility index (Phi) is 5.14. The highest BCUT2D eigenvalue weighted by Crippen LogP contribution is 2.27. The maximum atomic E-state index is 13.2. The molecule has 1 heterocycles. The molecule has 2 aromatic rings. The Labute approximate surface area is 143 Å². The van der Waals surface area contributed by atoms with Gasteiger partial charge in [0.25, 0.3) is 0 Å². The van der Waals surface area contributed by atoms with E-state index in [4.69, 9.17) is 9.47 Å². The van der Waals surface area contributed by atoms with E-state index in [1.165, 1.54) is 6.07 Å². The summed E-state index contributed by atoms with van der Waals surface area (Å²) < 4.78 is 36.8. The molecule has 3 rings (SSSR count). The van der Waals surface area contributed by atoms with Gasteiger partial charge in [-0.05, 0) is 29.8 Å². The van der Waals surface area contributed by atoms with Crippen molar-refractivity contribution in [1.82, 2.24) is 5.32 Å². The summed E-state index contributed by atoms with van der Waals surface area (Å²) in [5, 5.41) is 5.31. The summed E-state index contributed by atoms with van der Waals surface area (Å²) in [7, 11) is 1.60. The van der Waals surface area contributed by atoms with Crippen LogP contribution in [-0.4, -0.2) is 32.4 Å². The average Bonchev–Trinajstić information content (AvgIpc) is 3.06. The number of benzene rings is 2. The summed E-state index contributed by atoms with van der Waals surface area (Å²) in [6.45, 7) is 0.865. The molecule has 2 amide bonds. The van der Waals surface area contributed by atoms with Gasteiger partial charge in [0.1, 0.15) is 5.75 Å². The number of methoxy groups -OCH3 is 1. The second kappa shape index (κ2) is 7.48. The number of hydrogen-bond acceptors (Lipinski definition) is 3. The number of ether oxygens (including phenoxy) is 2. The number of anilines is 1. The molecule has 132 valence electrons.